The maximum Gasteiger partial charge on any atom is 0.433 e. The predicted molar refractivity (Wildman–Crippen MR) is 129 cm³/mol. The molecular weight excluding hydrogens is 473 g/mol. The summed E-state index contributed by atoms with van der Waals surface area (Å²) >= 11 is 0. The van der Waals surface area contributed by atoms with Gasteiger partial charge in [-0.3, -0.25) is 9.59 Å². The minimum atomic E-state index is -4.55. The van der Waals surface area contributed by atoms with E-state index in [9.17, 15) is 22.8 Å². The first kappa shape index (κ1) is 23.9. The third kappa shape index (κ3) is 4.93. The average Bonchev–Trinajstić information content (AvgIpc) is 2.84. The number of fused-ring (bicyclic) bond motifs is 2. The quantitative estimate of drug-likeness (QED) is 0.464. The highest BCUT2D eigenvalue weighted by Crippen LogP contribution is 2.35. The maximum atomic E-state index is 13.4. The topological polar surface area (TPSA) is 92.3 Å². The van der Waals surface area contributed by atoms with Gasteiger partial charge < -0.3 is 20.7 Å². The Balaban J connectivity index is 1.29. The van der Waals surface area contributed by atoms with Gasteiger partial charge in [0.1, 0.15) is 11.4 Å². The van der Waals surface area contributed by atoms with E-state index in [-0.39, 0.29) is 29.4 Å². The Bertz CT molecular complexity index is 1330. The number of hydrogen-bond donors (Lipinski definition) is 3. The van der Waals surface area contributed by atoms with Crippen molar-refractivity contribution in [3.8, 4) is 5.75 Å². The monoisotopic (exact) mass is 498 g/mol. The molecule has 1 aromatic heterocycles. The number of para-hydroxylation sites is 1. The van der Waals surface area contributed by atoms with E-state index < -0.39 is 18.0 Å². The lowest BCUT2D eigenvalue weighted by Gasteiger charge is -2.31. The van der Waals surface area contributed by atoms with Crippen LogP contribution in [0.5, 0.6) is 5.75 Å². The molecule has 1 saturated carbocycles. The summed E-state index contributed by atoms with van der Waals surface area (Å²) in [5.74, 6) is -0.0630. The molecule has 0 saturated heterocycles. The summed E-state index contributed by atoms with van der Waals surface area (Å²) in [6, 6.07) is 12.4. The summed E-state index contributed by atoms with van der Waals surface area (Å²) < 4.78 is 45.8. The minimum Gasteiger partial charge on any atom is -0.479 e. The van der Waals surface area contributed by atoms with E-state index in [2.05, 4.69) is 20.9 Å². The van der Waals surface area contributed by atoms with Crippen LogP contribution in [0.3, 0.4) is 0 Å². The molecule has 1 unspecified atom stereocenters. The summed E-state index contributed by atoms with van der Waals surface area (Å²) in [5.41, 5.74) is 0.538. The summed E-state index contributed by atoms with van der Waals surface area (Å²) in [5, 5.41) is 9.65. The molecule has 1 aliphatic carbocycles. The van der Waals surface area contributed by atoms with Crippen molar-refractivity contribution in [2.45, 2.75) is 57.0 Å². The van der Waals surface area contributed by atoms with E-state index in [0.717, 1.165) is 25.3 Å². The van der Waals surface area contributed by atoms with Gasteiger partial charge in [-0.1, -0.05) is 18.2 Å². The molecule has 1 aliphatic heterocycles. The first-order valence-electron chi connectivity index (χ1n) is 11.8. The molecule has 1 fully saturated rings. The van der Waals surface area contributed by atoms with Gasteiger partial charge in [0.25, 0.3) is 11.8 Å². The highest BCUT2D eigenvalue weighted by Gasteiger charge is 2.34. The van der Waals surface area contributed by atoms with E-state index in [0.29, 0.717) is 34.5 Å². The molecule has 188 valence electrons. The third-order valence-electron chi connectivity index (χ3n) is 6.55. The van der Waals surface area contributed by atoms with E-state index in [1.165, 1.54) is 0 Å². The molecule has 2 aromatic carbocycles. The number of halogens is 3. The maximum absolute atomic E-state index is 13.4. The van der Waals surface area contributed by atoms with Crippen molar-refractivity contribution in [3.63, 3.8) is 0 Å². The second-order valence-electron chi connectivity index (χ2n) is 9.21. The van der Waals surface area contributed by atoms with Gasteiger partial charge in [0.15, 0.2) is 6.10 Å². The Labute approximate surface area is 205 Å². The van der Waals surface area contributed by atoms with Crippen LogP contribution < -0.4 is 20.7 Å². The smallest absolute Gasteiger partial charge is 0.433 e. The fourth-order valence-electron chi connectivity index (χ4n) is 4.73. The summed E-state index contributed by atoms with van der Waals surface area (Å²) in [6.45, 7) is 1.64. The van der Waals surface area contributed by atoms with Crippen LogP contribution in [0.15, 0.2) is 48.5 Å². The molecule has 2 aliphatic rings. The van der Waals surface area contributed by atoms with Gasteiger partial charge in [0, 0.05) is 28.7 Å². The van der Waals surface area contributed by atoms with Crippen LogP contribution in [0.2, 0.25) is 0 Å². The Morgan fingerprint density at radius 3 is 2.69 bits per heavy atom. The number of aromatic nitrogens is 1. The van der Waals surface area contributed by atoms with Gasteiger partial charge in [-0.15, -0.1) is 0 Å². The SMILES string of the molecule is CC1Oc2ccc(C(=O)N[C@@H]3CCC[C@H](Nc4cc(C(F)(F)F)nc5ccccc45)C3)cc2NC1=O. The number of nitrogens with zero attached hydrogens (tertiary/aromatic N) is 1. The van der Waals surface area contributed by atoms with Crippen molar-refractivity contribution < 1.29 is 27.5 Å². The molecule has 10 heteroatoms. The number of nitrogens with one attached hydrogen (secondary N) is 3. The van der Waals surface area contributed by atoms with Gasteiger partial charge in [-0.2, -0.15) is 13.2 Å². The fraction of sp³-hybridized carbons (Fsp3) is 0.346. The van der Waals surface area contributed by atoms with Crippen molar-refractivity contribution in [1.29, 1.82) is 0 Å². The Morgan fingerprint density at radius 2 is 1.89 bits per heavy atom. The lowest BCUT2D eigenvalue weighted by atomic mass is 9.90. The van der Waals surface area contributed by atoms with Gasteiger partial charge >= 0.3 is 6.18 Å². The molecule has 0 radical (unpaired) electrons. The number of alkyl halides is 3. The number of ether oxygens (including phenoxy) is 1. The van der Waals surface area contributed by atoms with E-state index in [4.69, 9.17) is 4.74 Å². The standard InChI is InChI=1S/C26H25F3N4O3/c1-14-24(34)33-21-11-15(9-10-22(21)36-14)25(35)31-17-6-4-5-16(12-17)30-20-13-23(26(27,28)29)32-19-8-3-2-7-18(19)20/h2-3,7-11,13-14,16-17H,4-6,12H2,1H3,(H,30,32)(H,31,35)(H,33,34)/t14?,16-,17+/m0/s1. The predicted octanol–water partition coefficient (Wildman–Crippen LogP) is 5.13. The number of carbonyl (C=O) groups excluding carboxylic acids is 2. The van der Waals surface area contributed by atoms with Crippen LogP contribution in [0.25, 0.3) is 10.9 Å². The first-order valence-corrected chi connectivity index (χ1v) is 11.8. The largest absolute Gasteiger partial charge is 0.479 e. The number of anilines is 2. The Hall–Kier alpha value is -3.82. The van der Waals surface area contributed by atoms with Gasteiger partial charge in [-0.25, -0.2) is 4.98 Å². The summed E-state index contributed by atoms with van der Waals surface area (Å²) in [6.07, 6.45) is -2.26. The average molecular weight is 499 g/mol. The molecule has 2 heterocycles. The molecular formula is C26H25F3N4O3. The van der Waals surface area contributed by atoms with Crippen LogP contribution in [0.1, 0.15) is 48.7 Å². The fourth-order valence-corrected chi connectivity index (χ4v) is 4.73. The van der Waals surface area contributed by atoms with Crippen molar-refractivity contribution in [3.05, 3.63) is 59.8 Å². The lowest BCUT2D eigenvalue weighted by molar-refractivity contribution is -0.140. The Kier molecular flexibility index (Phi) is 6.19. The minimum absolute atomic E-state index is 0.117. The molecule has 2 amide bonds. The van der Waals surface area contributed by atoms with Crippen molar-refractivity contribution in [2.24, 2.45) is 0 Å². The Morgan fingerprint density at radius 1 is 1.11 bits per heavy atom. The van der Waals surface area contributed by atoms with E-state index in [1.54, 1.807) is 49.4 Å². The van der Waals surface area contributed by atoms with Gasteiger partial charge in [-0.05, 0) is 62.9 Å². The van der Waals surface area contributed by atoms with Gasteiger partial charge in [0.2, 0.25) is 0 Å². The molecule has 3 atom stereocenters. The normalized spacial score (nSPS) is 21.8. The highest BCUT2D eigenvalue weighted by atomic mass is 19.4. The summed E-state index contributed by atoms with van der Waals surface area (Å²) in [4.78, 5) is 28.6. The van der Waals surface area contributed by atoms with Crippen LogP contribution in [0, 0.1) is 0 Å². The molecule has 5 rings (SSSR count). The number of pyridine rings is 1. The zero-order chi connectivity index (χ0) is 25.4. The first-order chi connectivity index (χ1) is 17.2. The number of carbonyl (C=O) groups is 2. The molecule has 7 nitrogen and oxygen atoms in total. The molecule has 0 bridgehead atoms. The number of hydrogen-bond acceptors (Lipinski definition) is 5. The van der Waals surface area contributed by atoms with E-state index >= 15 is 0 Å². The van der Waals surface area contributed by atoms with Gasteiger partial charge in [0.05, 0.1) is 11.2 Å². The van der Waals surface area contributed by atoms with Crippen LogP contribution in [-0.4, -0.2) is 35.0 Å². The van der Waals surface area contributed by atoms with Crippen molar-refractivity contribution in [2.75, 3.05) is 10.6 Å². The third-order valence-corrected chi connectivity index (χ3v) is 6.55. The second-order valence-corrected chi connectivity index (χ2v) is 9.21. The lowest BCUT2D eigenvalue weighted by Crippen LogP contribution is -2.42. The second kappa shape index (κ2) is 9.33. The zero-order valence-electron chi connectivity index (χ0n) is 19.5. The number of amides is 2. The molecule has 36 heavy (non-hydrogen) atoms. The van der Waals surface area contributed by atoms with Crippen LogP contribution in [0.4, 0.5) is 24.5 Å². The zero-order valence-corrected chi connectivity index (χ0v) is 19.5. The van der Waals surface area contributed by atoms with Crippen LogP contribution in [-0.2, 0) is 11.0 Å². The van der Waals surface area contributed by atoms with Crippen molar-refractivity contribution >= 4 is 34.1 Å². The molecule has 3 aromatic rings. The number of rotatable bonds is 4. The highest BCUT2D eigenvalue weighted by molar-refractivity contribution is 6.01. The molecule has 0 spiro atoms. The number of benzene rings is 2. The van der Waals surface area contributed by atoms with E-state index in [1.807, 2.05) is 0 Å². The molecule has 3 N–H and O–H groups in total. The summed E-state index contributed by atoms with van der Waals surface area (Å²) in [7, 11) is 0. The van der Waals surface area contributed by atoms with Crippen LogP contribution >= 0.6 is 0 Å². The van der Waals surface area contributed by atoms with Crippen molar-refractivity contribution in [1.82, 2.24) is 10.3 Å².